The summed E-state index contributed by atoms with van der Waals surface area (Å²) in [5.41, 5.74) is 3.69. The van der Waals surface area contributed by atoms with Gasteiger partial charge in [0.25, 0.3) is 0 Å². The molecular weight excluding hydrogens is 446 g/mol. The number of carbonyl (C=O) groups is 1. The van der Waals surface area contributed by atoms with Crippen LogP contribution in [0.25, 0.3) is 27.9 Å². The molecule has 0 unspecified atom stereocenters. The second kappa shape index (κ2) is 8.41. The maximum atomic E-state index is 12.8. The Morgan fingerprint density at radius 2 is 1.97 bits per heavy atom. The smallest absolute Gasteiger partial charge is 0.410 e. The first kappa shape index (κ1) is 22.9. The zero-order chi connectivity index (χ0) is 24.9. The summed E-state index contributed by atoms with van der Waals surface area (Å²) in [6, 6.07) is 7.57. The molecule has 1 fully saturated rings. The fourth-order valence-electron chi connectivity index (χ4n) is 4.42. The Morgan fingerprint density at radius 1 is 1.17 bits per heavy atom. The van der Waals surface area contributed by atoms with Gasteiger partial charge in [-0.15, -0.1) is 0 Å². The van der Waals surface area contributed by atoms with Gasteiger partial charge in [0.15, 0.2) is 5.65 Å². The van der Waals surface area contributed by atoms with E-state index in [0.29, 0.717) is 35.6 Å². The summed E-state index contributed by atoms with van der Waals surface area (Å²) in [5, 5.41) is 4.24. The molecule has 5 rings (SSSR count). The Kier molecular flexibility index (Phi) is 5.50. The van der Waals surface area contributed by atoms with E-state index in [2.05, 4.69) is 15.3 Å². The van der Waals surface area contributed by atoms with Crippen molar-refractivity contribution in [1.29, 1.82) is 0 Å². The highest BCUT2D eigenvalue weighted by atomic mass is 16.6. The van der Waals surface area contributed by atoms with E-state index in [4.69, 9.17) is 9.15 Å². The van der Waals surface area contributed by atoms with Crippen molar-refractivity contribution in [3.8, 4) is 11.3 Å². The molecule has 182 valence electrons. The number of aromatic nitrogens is 3. The van der Waals surface area contributed by atoms with E-state index in [1.807, 2.05) is 75.7 Å². The Labute approximate surface area is 202 Å². The van der Waals surface area contributed by atoms with Crippen molar-refractivity contribution in [2.24, 2.45) is 0 Å². The standard InChI is InChI=1S/C26H29N5O4/c1-15-12-31-14-21(29-23(31)16(2)27-15)20-10-17-6-7-18(11-22(17)34-24(20)32)28-19-8-9-30(13-19)25(33)35-26(3,4)5/h6-7,10-12,14,19,28H,8-9,13H2,1-5H3/t19-/m0/s1. The van der Waals surface area contributed by atoms with Gasteiger partial charge in [0.05, 0.1) is 22.6 Å². The number of aryl methyl sites for hydroxylation is 2. The third kappa shape index (κ3) is 4.71. The van der Waals surface area contributed by atoms with Gasteiger partial charge in [-0.1, -0.05) is 0 Å². The molecule has 9 heteroatoms. The molecule has 1 aliphatic heterocycles. The first-order valence-electron chi connectivity index (χ1n) is 11.7. The number of amides is 1. The fourth-order valence-corrected chi connectivity index (χ4v) is 4.42. The summed E-state index contributed by atoms with van der Waals surface area (Å²) in [4.78, 5) is 35.9. The average Bonchev–Trinajstić information content (AvgIpc) is 3.39. The Morgan fingerprint density at radius 3 is 2.74 bits per heavy atom. The van der Waals surface area contributed by atoms with Crippen LogP contribution in [0.5, 0.6) is 0 Å². The van der Waals surface area contributed by atoms with Crippen LogP contribution < -0.4 is 10.9 Å². The molecule has 4 heterocycles. The number of hydrogen-bond acceptors (Lipinski definition) is 7. The van der Waals surface area contributed by atoms with Crippen molar-refractivity contribution >= 4 is 28.4 Å². The quantitative estimate of drug-likeness (QED) is 0.434. The maximum Gasteiger partial charge on any atom is 0.410 e. The Balaban J connectivity index is 1.36. The van der Waals surface area contributed by atoms with Crippen LogP contribution in [0.15, 0.2) is 45.9 Å². The Bertz CT molecular complexity index is 1500. The normalized spacial score (nSPS) is 16.3. The number of benzene rings is 1. The zero-order valence-electron chi connectivity index (χ0n) is 20.6. The predicted octanol–water partition coefficient (Wildman–Crippen LogP) is 4.54. The average molecular weight is 476 g/mol. The van der Waals surface area contributed by atoms with E-state index >= 15 is 0 Å². The molecule has 1 N–H and O–H groups in total. The molecular formula is C26H29N5O4. The van der Waals surface area contributed by atoms with Gasteiger partial charge in [-0.2, -0.15) is 0 Å². The van der Waals surface area contributed by atoms with Gasteiger partial charge in [0, 0.05) is 48.7 Å². The number of nitrogens with zero attached hydrogens (tertiary/aromatic N) is 4. The van der Waals surface area contributed by atoms with Crippen LogP contribution >= 0.6 is 0 Å². The van der Waals surface area contributed by atoms with Crippen molar-refractivity contribution in [1.82, 2.24) is 19.3 Å². The number of fused-ring (bicyclic) bond motifs is 2. The lowest BCUT2D eigenvalue weighted by Crippen LogP contribution is -2.36. The fraction of sp³-hybridized carbons (Fsp3) is 0.385. The lowest BCUT2D eigenvalue weighted by atomic mass is 10.1. The van der Waals surface area contributed by atoms with Crippen molar-refractivity contribution in [3.05, 3.63) is 58.5 Å². The topological polar surface area (TPSA) is 102 Å². The van der Waals surface area contributed by atoms with Gasteiger partial charge in [-0.05, 0) is 59.2 Å². The van der Waals surface area contributed by atoms with E-state index in [0.717, 1.165) is 28.9 Å². The highest BCUT2D eigenvalue weighted by Crippen LogP contribution is 2.25. The third-order valence-corrected chi connectivity index (χ3v) is 5.95. The van der Waals surface area contributed by atoms with Crippen LogP contribution in [0.1, 0.15) is 38.6 Å². The molecule has 0 radical (unpaired) electrons. The molecule has 0 aliphatic carbocycles. The predicted molar refractivity (Wildman–Crippen MR) is 134 cm³/mol. The molecule has 3 aromatic heterocycles. The maximum absolute atomic E-state index is 12.8. The minimum Gasteiger partial charge on any atom is -0.444 e. The third-order valence-electron chi connectivity index (χ3n) is 5.95. The van der Waals surface area contributed by atoms with E-state index in [9.17, 15) is 9.59 Å². The molecule has 4 aromatic rings. The van der Waals surface area contributed by atoms with Crippen LogP contribution in [-0.4, -0.2) is 50.1 Å². The van der Waals surface area contributed by atoms with Gasteiger partial charge >= 0.3 is 11.7 Å². The molecule has 1 saturated heterocycles. The number of nitrogens with one attached hydrogen (secondary N) is 1. The molecule has 0 saturated carbocycles. The minimum atomic E-state index is -0.519. The summed E-state index contributed by atoms with van der Waals surface area (Å²) in [7, 11) is 0. The van der Waals surface area contributed by atoms with Crippen molar-refractivity contribution < 1.29 is 13.9 Å². The molecule has 35 heavy (non-hydrogen) atoms. The summed E-state index contributed by atoms with van der Waals surface area (Å²) >= 11 is 0. The lowest BCUT2D eigenvalue weighted by molar-refractivity contribution is 0.0293. The molecule has 9 nitrogen and oxygen atoms in total. The number of rotatable bonds is 3. The van der Waals surface area contributed by atoms with Crippen molar-refractivity contribution in [2.45, 2.75) is 52.7 Å². The molecule has 0 spiro atoms. The molecule has 1 aromatic carbocycles. The Hall–Kier alpha value is -3.88. The number of likely N-dealkylation sites (tertiary alicyclic amines) is 1. The molecule has 1 atom stereocenters. The monoisotopic (exact) mass is 475 g/mol. The van der Waals surface area contributed by atoms with E-state index < -0.39 is 11.2 Å². The van der Waals surface area contributed by atoms with Gasteiger partial charge in [-0.3, -0.25) is 4.98 Å². The van der Waals surface area contributed by atoms with Crippen LogP contribution in [0.2, 0.25) is 0 Å². The molecule has 1 amide bonds. The SMILES string of the molecule is Cc1cn2cc(-c3cc4ccc(N[C@H]5CCN(C(=O)OC(C)(C)C)C5)cc4oc3=O)nc2c(C)n1. The number of hydrogen-bond donors (Lipinski definition) is 1. The first-order valence-corrected chi connectivity index (χ1v) is 11.7. The number of imidazole rings is 1. The van der Waals surface area contributed by atoms with Gasteiger partial charge in [-0.25, -0.2) is 14.6 Å². The highest BCUT2D eigenvalue weighted by molar-refractivity contribution is 5.84. The van der Waals surface area contributed by atoms with Crippen LogP contribution in [0, 0.1) is 13.8 Å². The van der Waals surface area contributed by atoms with E-state index in [1.54, 1.807) is 4.90 Å². The lowest BCUT2D eigenvalue weighted by Gasteiger charge is -2.24. The summed E-state index contributed by atoms with van der Waals surface area (Å²) in [6.07, 6.45) is 4.21. The van der Waals surface area contributed by atoms with Crippen molar-refractivity contribution in [2.75, 3.05) is 18.4 Å². The van der Waals surface area contributed by atoms with Crippen LogP contribution in [0.4, 0.5) is 10.5 Å². The van der Waals surface area contributed by atoms with Crippen molar-refractivity contribution in [3.63, 3.8) is 0 Å². The van der Waals surface area contributed by atoms with Crippen LogP contribution in [0.3, 0.4) is 0 Å². The largest absolute Gasteiger partial charge is 0.444 e. The second-order valence-corrected chi connectivity index (χ2v) is 10.1. The number of anilines is 1. The molecule has 1 aliphatic rings. The number of ether oxygens (including phenoxy) is 1. The van der Waals surface area contributed by atoms with E-state index in [1.165, 1.54) is 0 Å². The van der Waals surface area contributed by atoms with E-state index in [-0.39, 0.29) is 12.1 Å². The summed E-state index contributed by atoms with van der Waals surface area (Å²) in [5.74, 6) is 0. The number of carbonyl (C=O) groups excluding carboxylic acids is 1. The van der Waals surface area contributed by atoms with Gasteiger partial charge < -0.3 is 23.8 Å². The highest BCUT2D eigenvalue weighted by Gasteiger charge is 2.29. The molecule has 0 bridgehead atoms. The minimum absolute atomic E-state index is 0.0873. The zero-order valence-corrected chi connectivity index (χ0v) is 20.6. The van der Waals surface area contributed by atoms with Gasteiger partial charge in [0.2, 0.25) is 0 Å². The second-order valence-electron chi connectivity index (χ2n) is 10.1. The van der Waals surface area contributed by atoms with Crippen LogP contribution in [-0.2, 0) is 4.74 Å². The first-order chi connectivity index (χ1) is 16.6. The summed E-state index contributed by atoms with van der Waals surface area (Å²) < 4.78 is 13.0. The van der Waals surface area contributed by atoms with Gasteiger partial charge in [0.1, 0.15) is 11.2 Å². The summed E-state index contributed by atoms with van der Waals surface area (Å²) in [6.45, 7) is 10.6.